The van der Waals surface area contributed by atoms with Gasteiger partial charge in [-0.05, 0) is 64.7 Å². The van der Waals surface area contributed by atoms with Crippen LogP contribution in [0.3, 0.4) is 0 Å². The van der Waals surface area contributed by atoms with Crippen molar-refractivity contribution in [3.63, 3.8) is 0 Å². The molecule has 2 aromatic rings. The van der Waals surface area contributed by atoms with E-state index in [4.69, 9.17) is 15.9 Å². The van der Waals surface area contributed by atoms with Gasteiger partial charge in [-0.3, -0.25) is 4.79 Å². The third-order valence-electron chi connectivity index (χ3n) is 3.95. The Kier molecular flexibility index (Phi) is 8.33. The molecule has 0 saturated heterocycles. The Morgan fingerprint density at radius 3 is 2.69 bits per heavy atom. The van der Waals surface area contributed by atoms with Crippen LogP contribution in [0.25, 0.3) is 6.08 Å². The van der Waals surface area contributed by atoms with E-state index in [9.17, 15) is 10.1 Å². The van der Waals surface area contributed by atoms with Crippen molar-refractivity contribution in [1.82, 2.24) is 0 Å². The van der Waals surface area contributed by atoms with E-state index >= 15 is 0 Å². The first-order valence-electron chi connectivity index (χ1n) is 9.07. The summed E-state index contributed by atoms with van der Waals surface area (Å²) in [4.78, 5) is 12.6. The molecular formula is C23H21BrN2O3. The van der Waals surface area contributed by atoms with Gasteiger partial charge in [0.05, 0.1) is 11.1 Å². The van der Waals surface area contributed by atoms with E-state index in [-0.39, 0.29) is 12.2 Å². The van der Waals surface area contributed by atoms with Crippen molar-refractivity contribution in [2.45, 2.75) is 20.3 Å². The first kappa shape index (κ1) is 22.1. The van der Waals surface area contributed by atoms with E-state index in [0.29, 0.717) is 33.8 Å². The second-order valence-electron chi connectivity index (χ2n) is 5.89. The Morgan fingerprint density at radius 2 is 2.03 bits per heavy atom. The van der Waals surface area contributed by atoms with Gasteiger partial charge in [-0.25, -0.2) is 0 Å². The minimum Gasteiger partial charge on any atom is -0.490 e. The minimum absolute atomic E-state index is 0.0254. The van der Waals surface area contributed by atoms with E-state index in [2.05, 4.69) is 27.2 Å². The van der Waals surface area contributed by atoms with Gasteiger partial charge in [0.2, 0.25) is 0 Å². The van der Waals surface area contributed by atoms with Gasteiger partial charge in [-0.1, -0.05) is 31.0 Å². The molecule has 0 unspecified atom stereocenters. The Balaban J connectivity index is 2.35. The standard InChI is InChI=1S/C23H21BrN2O3/c1-4-11-29-22-19(24)13-16(14-21(22)28-6-3)12-18(15-25)23(27)26-20-10-8-7-9-17(20)5-2/h1,7-10,12-14H,5-6,11H2,2-3H3,(H,26,27)/b18-12+. The van der Waals surface area contributed by atoms with Crippen LogP contribution in [0.4, 0.5) is 5.69 Å². The van der Waals surface area contributed by atoms with Gasteiger partial charge in [0.1, 0.15) is 18.2 Å². The van der Waals surface area contributed by atoms with Crippen molar-refractivity contribution in [3.8, 4) is 29.9 Å². The summed E-state index contributed by atoms with van der Waals surface area (Å²) in [5.41, 5.74) is 2.27. The number of amides is 1. The molecule has 148 valence electrons. The number of nitrogens with zero attached hydrogens (tertiary/aromatic N) is 1. The predicted molar refractivity (Wildman–Crippen MR) is 118 cm³/mol. The van der Waals surface area contributed by atoms with Crippen LogP contribution in [-0.2, 0) is 11.2 Å². The molecule has 0 bridgehead atoms. The fourth-order valence-corrected chi connectivity index (χ4v) is 3.22. The maximum absolute atomic E-state index is 12.6. The lowest BCUT2D eigenvalue weighted by atomic mass is 10.1. The molecule has 0 aliphatic heterocycles. The van der Waals surface area contributed by atoms with E-state index in [1.54, 1.807) is 12.1 Å². The number of halogens is 1. The number of carbonyl (C=O) groups is 1. The maximum Gasteiger partial charge on any atom is 0.266 e. The molecule has 2 aromatic carbocycles. The van der Waals surface area contributed by atoms with Crippen molar-refractivity contribution in [1.29, 1.82) is 5.26 Å². The Labute approximate surface area is 179 Å². The van der Waals surface area contributed by atoms with E-state index in [1.807, 2.05) is 44.2 Å². The summed E-state index contributed by atoms with van der Waals surface area (Å²) in [5, 5.41) is 12.3. The van der Waals surface area contributed by atoms with Crippen molar-refractivity contribution in [2.24, 2.45) is 0 Å². The number of para-hydroxylation sites is 1. The van der Waals surface area contributed by atoms with Gasteiger partial charge in [0, 0.05) is 5.69 Å². The Morgan fingerprint density at radius 1 is 1.28 bits per heavy atom. The zero-order valence-corrected chi connectivity index (χ0v) is 17.9. The van der Waals surface area contributed by atoms with E-state index in [1.165, 1.54) is 6.08 Å². The van der Waals surface area contributed by atoms with Crippen LogP contribution in [0.1, 0.15) is 25.0 Å². The smallest absolute Gasteiger partial charge is 0.266 e. The van der Waals surface area contributed by atoms with Crippen LogP contribution in [0.5, 0.6) is 11.5 Å². The van der Waals surface area contributed by atoms with Crippen LogP contribution in [0.15, 0.2) is 46.4 Å². The van der Waals surface area contributed by atoms with Gasteiger partial charge in [0.25, 0.3) is 5.91 Å². The van der Waals surface area contributed by atoms with Crippen LogP contribution >= 0.6 is 15.9 Å². The molecule has 1 N–H and O–H groups in total. The Hall–Kier alpha value is -3.22. The molecule has 2 rings (SSSR count). The maximum atomic E-state index is 12.6. The summed E-state index contributed by atoms with van der Waals surface area (Å²) in [5.74, 6) is 2.88. The topological polar surface area (TPSA) is 71.3 Å². The van der Waals surface area contributed by atoms with Gasteiger partial charge < -0.3 is 14.8 Å². The van der Waals surface area contributed by atoms with E-state index in [0.717, 1.165) is 12.0 Å². The summed E-state index contributed by atoms with van der Waals surface area (Å²) in [7, 11) is 0. The number of ether oxygens (including phenoxy) is 2. The molecule has 6 heteroatoms. The number of nitrogens with one attached hydrogen (secondary N) is 1. The molecule has 1 amide bonds. The molecule has 0 atom stereocenters. The van der Waals surface area contributed by atoms with Crippen molar-refractivity contribution in [3.05, 3.63) is 57.6 Å². The number of carbonyl (C=O) groups excluding carboxylic acids is 1. The van der Waals surface area contributed by atoms with Gasteiger partial charge in [-0.2, -0.15) is 5.26 Å². The molecule has 0 spiro atoms. The molecule has 0 aliphatic rings. The predicted octanol–water partition coefficient (Wildman–Crippen LogP) is 4.97. The first-order chi connectivity index (χ1) is 14.0. The summed E-state index contributed by atoms with van der Waals surface area (Å²) < 4.78 is 11.8. The van der Waals surface area contributed by atoms with Crippen LogP contribution < -0.4 is 14.8 Å². The number of hydrogen-bond acceptors (Lipinski definition) is 4. The molecular weight excluding hydrogens is 432 g/mol. The third kappa shape index (κ3) is 5.88. The SMILES string of the molecule is C#CCOc1c(Br)cc(/C=C(\C#N)C(=O)Nc2ccccc2CC)cc1OCC. The highest BCUT2D eigenvalue weighted by molar-refractivity contribution is 9.10. The zero-order valence-electron chi connectivity index (χ0n) is 16.3. The normalized spacial score (nSPS) is 10.6. The minimum atomic E-state index is -0.477. The highest BCUT2D eigenvalue weighted by atomic mass is 79.9. The number of hydrogen-bond donors (Lipinski definition) is 1. The first-order valence-corrected chi connectivity index (χ1v) is 9.86. The lowest BCUT2D eigenvalue weighted by Crippen LogP contribution is -2.14. The fourth-order valence-electron chi connectivity index (χ4n) is 2.64. The van der Waals surface area contributed by atoms with Crippen molar-refractivity contribution in [2.75, 3.05) is 18.5 Å². The second-order valence-corrected chi connectivity index (χ2v) is 6.74. The third-order valence-corrected chi connectivity index (χ3v) is 4.54. The lowest BCUT2D eigenvalue weighted by Gasteiger charge is -2.13. The largest absolute Gasteiger partial charge is 0.490 e. The quantitative estimate of drug-likeness (QED) is 0.348. The molecule has 0 heterocycles. The number of rotatable bonds is 8. The summed E-state index contributed by atoms with van der Waals surface area (Å²) in [6.07, 6.45) is 7.53. The Bertz CT molecular complexity index is 1000. The average Bonchev–Trinajstić information content (AvgIpc) is 2.72. The molecule has 0 aromatic heterocycles. The van der Waals surface area contributed by atoms with Gasteiger partial charge in [-0.15, -0.1) is 6.42 Å². The second kappa shape index (κ2) is 10.9. The van der Waals surface area contributed by atoms with Crippen molar-refractivity contribution >= 4 is 33.6 Å². The van der Waals surface area contributed by atoms with E-state index < -0.39 is 5.91 Å². The van der Waals surface area contributed by atoms with Gasteiger partial charge in [0.15, 0.2) is 11.5 Å². The van der Waals surface area contributed by atoms with Gasteiger partial charge >= 0.3 is 0 Å². The van der Waals surface area contributed by atoms with Crippen molar-refractivity contribution < 1.29 is 14.3 Å². The molecule has 0 radical (unpaired) electrons. The number of anilines is 1. The number of aryl methyl sites for hydroxylation is 1. The zero-order chi connectivity index (χ0) is 21.2. The summed E-state index contributed by atoms with van der Waals surface area (Å²) in [6.45, 7) is 4.37. The number of nitriles is 1. The summed E-state index contributed by atoms with van der Waals surface area (Å²) >= 11 is 3.43. The fraction of sp³-hybridized carbons (Fsp3) is 0.217. The monoisotopic (exact) mass is 452 g/mol. The van der Waals surface area contributed by atoms with Crippen LogP contribution in [-0.4, -0.2) is 19.1 Å². The molecule has 5 nitrogen and oxygen atoms in total. The number of benzene rings is 2. The highest BCUT2D eigenvalue weighted by Crippen LogP contribution is 2.37. The molecule has 0 aliphatic carbocycles. The number of terminal acetylenes is 1. The molecule has 0 saturated carbocycles. The molecule has 29 heavy (non-hydrogen) atoms. The highest BCUT2D eigenvalue weighted by Gasteiger charge is 2.15. The average molecular weight is 453 g/mol. The summed E-state index contributed by atoms with van der Waals surface area (Å²) in [6, 6.07) is 12.9. The van der Waals surface area contributed by atoms with Crippen LogP contribution in [0.2, 0.25) is 0 Å². The van der Waals surface area contributed by atoms with Crippen LogP contribution in [0, 0.1) is 23.7 Å². The molecule has 0 fully saturated rings. The lowest BCUT2D eigenvalue weighted by molar-refractivity contribution is -0.112.